The van der Waals surface area contributed by atoms with Gasteiger partial charge < -0.3 is 9.80 Å². The van der Waals surface area contributed by atoms with E-state index >= 15 is 0 Å². The van der Waals surface area contributed by atoms with E-state index in [4.69, 9.17) is 0 Å². The number of para-hydroxylation sites is 1. The molecule has 3 nitrogen and oxygen atoms in total. The third kappa shape index (κ3) is 2.84. The van der Waals surface area contributed by atoms with Crippen molar-refractivity contribution in [2.24, 2.45) is 0 Å². The van der Waals surface area contributed by atoms with Crippen molar-refractivity contribution in [2.45, 2.75) is 20.3 Å². The van der Waals surface area contributed by atoms with Crippen molar-refractivity contribution in [3.63, 3.8) is 0 Å². The third-order valence-electron chi connectivity index (χ3n) is 4.21. The highest BCUT2D eigenvalue weighted by molar-refractivity contribution is 5.98. The number of benzene rings is 2. The number of aryl methyl sites for hydroxylation is 2. The van der Waals surface area contributed by atoms with Crippen LogP contribution < -0.4 is 9.80 Å². The summed E-state index contributed by atoms with van der Waals surface area (Å²) in [5, 5.41) is 0. The van der Waals surface area contributed by atoms with Crippen molar-refractivity contribution < 1.29 is 4.79 Å². The maximum Gasteiger partial charge on any atom is 0.246 e. The molecule has 0 aromatic heterocycles. The first-order valence-corrected chi connectivity index (χ1v) is 7.72. The van der Waals surface area contributed by atoms with Crippen LogP contribution in [0.15, 0.2) is 42.5 Å². The van der Waals surface area contributed by atoms with Crippen LogP contribution in [-0.2, 0) is 11.2 Å². The topological polar surface area (TPSA) is 23.6 Å². The van der Waals surface area contributed by atoms with Crippen LogP contribution in [-0.4, -0.2) is 26.0 Å². The lowest BCUT2D eigenvalue weighted by Gasteiger charge is -2.24. The van der Waals surface area contributed by atoms with Gasteiger partial charge in [0.25, 0.3) is 0 Å². The number of nitrogens with zero attached hydrogens (tertiary/aromatic N) is 2. The number of anilines is 2. The Morgan fingerprint density at radius 1 is 1.14 bits per heavy atom. The molecule has 114 valence electrons. The van der Waals surface area contributed by atoms with Crippen LogP contribution in [0.5, 0.6) is 0 Å². The molecular weight excluding hydrogens is 272 g/mol. The molecule has 1 aliphatic rings. The summed E-state index contributed by atoms with van der Waals surface area (Å²) in [4.78, 5) is 16.6. The molecule has 22 heavy (non-hydrogen) atoms. The van der Waals surface area contributed by atoms with Crippen LogP contribution in [0.25, 0.3) is 0 Å². The van der Waals surface area contributed by atoms with E-state index in [1.54, 1.807) is 0 Å². The Hall–Kier alpha value is -2.29. The fraction of sp³-hybridized carbons (Fsp3) is 0.316. The minimum absolute atomic E-state index is 0.159. The van der Waals surface area contributed by atoms with Crippen molar-refractivity contribution in [1.82, 2.24) is 0 Å². The van der Waals surface area contributed by atoms with Gasteiger partial charge in [0, 0.05) is 25.0 Å². The molecule has 1 aliphatic heterocycles. The van der Waals surface area contributed by atoms with Crippen LogP contribution in [0.3, 0.4) is 0 Å². The third-order valence-corrected chi connectivity index (χ3v) is 4.21. The predicted octanol–water partition coefficient (Wildman–Crippen LogP) is 3.33. The van der Waals surface area contributed by atoms with Crippen LogP contribution in [0.4, 0.5) is 11.4 Å². The molecule has 0 saturated carbocycles. The van der Waals surface area contributed by atoms with Crippen LogP contribution >= 0.6 is 0 Å². The number of carbonyl (C=O) groups is 1. The first kappa shape index (κ1) is 14.6. The predicted molar refractivity (Wildman–Crippen MR) is 91.7 cm³/mol. The zero-order valence-corrected chi connectivity index (χ0v) is 13.5. The molecule has 2 aromatic carbocycles. The molecule has 3 heteroatoms. The van der Waals surface area contributed by atoms with E-state index in [1.807, 2.05) is 35.0 Å². The Kier molecular flexibility index (Phi) is 3.88. The minimum Gasteiger partial charge on any atom is -0.365 e. The maximum absolute atomic E-state index is 12.6. The molecule has 0 bridgehead atoms. The minimum atomic E-state index is 0.159. The van der Waals surface area contributed by atoms with Gasteiger partial charge in [-0.15, -0.1) is 0 Å². The van der Waals surface area contributed by atoms with E-state index in [0.717, 1.165) is 24.3 Å². The summed E-state index contributed by atoms with van der Waals surface area (Å²) in [5.74, 6) is 0.159. The molecule has 0 spiro atoms. The highest BCUT2D eigenvalue weighted by Gasteiger charge is 2.24. The Labute approximate surface area is 132 Å². The standard InChI is InChI=1S/C19H22N2O/c1-14-10-15(2)12-17(11-14)20(3)13-19(22)21-9-8-16-6-4-5-7-18(16)21/h4-7,10-12H,8-9,13H2,1-3H3. The van der Waals surface area contributed by atoms with Gasteiger partial charge in [-0.3, -0.25) is 4.79 Å². The van der Waals surface area contributed by atoms with E-state index in [-0.39, 0.29) is 5.91 Å². The number of likely N-dealkylation sites (N-methyl/N-ethyl adjacent to an activating group) is 1. The largest absolute Gasteiger partial charge is 0.365 e. The Balaban J connectivity index is 1.75. The summed E-state index contributed by atoms with van der Waals surface area (Å²) in [5.41, 5.74) is 5.88. The molecule has 1 amide bonds. The van der Waals surface area contributed by atoms with Gasteiger partial charge in [0.1, 0.15) is 0 Å². The van der Waals surface area contributed by atoms with Gasteiger partial charge in [0.15, 0.2) is 0 Å². The molecule has 0 atom stereocenters. The van der Waals surface area contributed by atoms with Crippen molar-refractivity contribution in [3.05, 3.63) is 59.2 Å². The van der Waals surface area contributed by atoms with E-state index in [2.05, 4.69) is 38.1 Å². The van der Waals surface area contributed by atoms with Gasteiger partial charge in [0.2, 0.25) is 5.91 Å². The fourth-order valence-electron chi connectivity index (χ4n) is 3.15. The van der Waals surface area contributed by atoms with E-state index in [1.165, 1.54) is 16.7 Å². The molecule has 1 heterocycles. The summed E-state index contributed by atoms with van der Waals surface area (Å²) in [7, 11) is 1.98. The summed E-state index contributed by atoms with van der Waals surface area (Å²) < 4.78 is 0. The summed E-state index contributed by atoms with van der Waals surface area (Å²) >= 11 is 0. The second kappa shape index (κ2) is 5.84. The lowest BCUT2D eigenvalue weighted by atomic mass is 10.1. The van der Waals surface area contributed by atoms with Crippen molar-refractivity contribution in [2.75, 3.05) is 29.9 Å². The van der Waals surface area contributed by atoms with E-state index < -0.39 is 0 Å². The van der Waals surface area contributed by atoms with E-state index in [0.29, 0.717) is 6.54 Å². The lowest BCUT2D eigenvalue weighted by molar-refractivity contribution is -0.117. The van der Waals surface area contributed by atoms with Gasteiger partial charge in [-0.1, -0.05) is 24.3 Å². The first-order valence-electron chi connectivity index (χ1n) is 7.72. The van der Waals surface area contributed by atoms with Crippen molar-refractivity contribution in [3.8, 4) is 0 Å². The highest BCUT2D eigenvalue weighted by atomic mass is 16.2. The quantitative estimate of drug-likeness (QED) is 0.867. The number of amides is 1. The normalized spacial score (nSPS) is 13.1. The SMILES string of the molecule is Cc1cc(C)cc(N(C)CC(=O)N2CCc3ccccc32)c1. The zero-order chi connectivity index (χ0) is 15.7. The van der Waals surface area contributed by atoms with Crippen molar-refractivity contribution in [1.29, 1.82) is 0 Å². The Morgan fingerprint density at radius 2 is 1.82 bits per heavy atom. The average Bonchev–Trinajstić information content (AvgIpc) is 2.90. The summed E-state index contributed by atoms with van der Waals surface area (Å²) in [6, 6.07) is 14.6. The number of hydrogen-bond donors (Lipinski definition) is 0. The molecule has 3 rings (SSSR count). The summed E-state index contributed by atoms with van der Waals surface area (Å²) in [6.07, 6.45) is 0.954. The lowest BCUT2D eigenvalue weighted by Crippen LogP contribution is -2.38. The second-order valence-electron chi connectivity index (χ2n) is 6.13. The second-order valence-corrected chi connectivity index (χ2v) is 6.13. The molecule has 0 N–H and O–H groups in total. The maximum atomic E-state index is 12.6. The number of carbonyl (C=O) groups excluding carboxylic acids is 1. The highest BCUT2D eigenvalue weighted by Crippen LogP contribution is 2.27. The monoisotopic (exact) mass is 294 g/mol. The molecule has 0 aliphatic carbocycles. The van der Waals surface area contributed by atoms with Crippen LogP contribution in [0.1, 0.15) is 16.7 Å². The first-order chi connectivity index (χ1) is 10.5. The number of rotatable bonds is 3. The van der Waals surface area contributed by atoms with Gasteiger partial charge in [0.05, 0.1) is 6.54 Å². The van der Waals surface area contributed by atoms with Crippen LogP contribution in [0.2, 0.25) is 0 Å². The van der Waals surface area contributed by atoms with Crippen molar-refractivity contribution >= 4 is 17.3 Å². The molecule has 0 radical (unpaired) electrons. The average molecular weight is 294 g/mol. The Bertz CT molecular complexity index is 688. The number of hydrogen-bond acceptors (Lipinski definition) is 2. The zero-order valence-electron chi connectivity index (χ0n) is 13.5. The van der Waals surface area contributed by atoms with E-state index in [9.17, 15) is 4.79 Å². The van der Waals surface area contributed by atoms with Gasteiger partial charge in [-0.05, 0) is 55.2 Å². The molecule has 2 aromatic rings. The molecular formula is C19H22N2O. The van der Waals surface area contributed by atoms with Crippen LogP contribution in [0, 0.1) is 13.8 Å². The molecule has 0 fully saturated rings. The molecule has 0 unspecified atom stereocenters. The van der Waals surface area contributed by atoms with Gasteiger partial charge in [-0.25, -0.2) is 0 Å². The smallest absolute Gasteiger partial charge is 0.246 e. The van der Waals surface area contributed by atoms with Gasteiger partial charge in [-0.2, -0.15) is 0 Å². The van der Waals surface area contributed by atoms with Gasteiger partial charge >= 0.3 is 0 Å². The summed E-state index contributed by atoms with van der Waals surface area (Å²) in [6.45, 7) is 5.36. The fourth-order valence-corrected chi connectivity index (χ4v) is 3.15. The Morgan fingerprint density at radius 3 is 2.55 bits per heavy atom. The number of fused-ring (bicyclic) bond motifs is 1. The molecule has 0 saturated heterocycles.